The first-order valence-electron chi connectivity index (χ1n) is 7.44. The van der Waals surface area contributed by atoms with Gasteiger partial charge in [-0.3, -0.25) is 0 Å². The molecule has 25 heavy (non-hydrogen) atoms. The quantitative estimate of drug-likeness (QED) is 0.765. The van der Waals surface area contributed by atoms with Crippen molar-refractivity contribution in [3.8, 4) is 22.9 Å². The molecule has 0 bridgehead atoms. The fraction of sp³-hybridized carbons (Fsp3) is 0.167. The van der Waals surface area contributed by atoms with Gasteiger partial charge in [0.15, 0.2) is 0 Å². The lowest BCUT2D eigenvalue weighted by Crippen LogP contribution is -2.22. The average Bonchev–Trinajstić information content (AvgIpc) is 3.25. The van der Waals surface area contributed by atoms with Crippen LogP contribution in [0.25, 0.3) is 16.8 Å². The Morgan fingerprint density at radius 2 is 2.12 bits per heavy atom. The SMILES string of the molecule is N#Cc1cc(F)cc(-n2cc(-c3ccoc3)c3c2CC(F)(F)C3O)c1. The fourth-order valence-electron chi connectivity index (χ4n) is 3.23. The molecule has 0 amide bonds. The fourth-order valence-corrected chi connectivity index (χ4v) is 3.23. The number of nitrogens with zero attached hydrogens (tertiary/aromatic N) is 2. The number of benzene rings is 1. The smallest absolute Gasteiger partial charge is 0.283 e. The van der Waals surface area contributed by atoms with Crippen molar-refractivity contribution >= 4 is 0 Å². The molecule has 0 spiro atoms. The van der Waals surface area contributed by atoms with Crippen molar-refractivity contribution in [2.45, 2.75) is 18.4 Å². The molecule has 4 nitrogen and oxygen atoms in total. The summed E-state index contributed by atoms with van der Waals surface area (Å²) in [6.45, 7) is 0. The molecule has 1 unspecified atom stereocenters. The van der Waals surface area contributed by atoms with Gasteiger partial charge >= 0.3 is 0 Å². The lowest BCUT2D eigenvalue weighted by molar-refractivity contribution is -0.0970. The third-order valence-corrected chi connectivity index (χ3v) is 4.35. The van der Waals surface area contributed by atoms with Gasteiger partial charge in [0.05, 0.1) is 30.6 Å². The van der Waals surface area contributed by atoms with Gasteiger partial charge in [-0.2, -0.15) is 5.26 Å². The number of rotatable bonds is 2. The third-order valence-electron chi connectivity index (χ3n) is 4.35. The number of aliphatic hydroxyl groups excluding tert-OH is 1. The van der Waals surface area contributed by atoms with Crippen LogP contribution in [0.1, 0.15) is 22.9 Å². The van der Waals surface area contributed by atoms with Crippen LogP contribution in [-0.2, 0) is 6.42 Å². The molecule has 3 aromatic rings. The van der Waals surface area contributed by atoms with E-state index in [0.717, 1.165) is 12.1 Å². The molecular weight excluding hydrogens is 333 g/mol. The van der Waals surface area contributed by atoms with Crippen LogP contribution in [0.2, 0.25) is 0 Å². The van der Waals surface area contributed by atoms with Gasteiger partial charge in [-0.25, -0.2) is 13.2 Å². The maximum Gasteiger partial charge on any atom is 0.283 e. The number of halogens is 3. The molecule has 1 aliphatic rings. The lowest BCUT2D eigenvalue weighted by Gasteiger charge is -2.15. The summed E-state index contributed by atoms with van der Waals surface area (Å²) in [5.74, 6) is -3.97. The zero-order valence-corrected chi connectivity index (χ0v) is 12.7. The molecule has 0 radical (unpaired) electrons. The summed E-state index contributed by atoms with van der Waals surface area (Å²) in [4.78, 5) is 0. The zero-order chi connectivity index (χ0) is 17.8. The molecular formula is C18H11F3N2O2. The minimum atomic E-state index is -3.32. The predicted molar refractivity (Wildman–Crippen MR) is 81.8 cm³/mol. The highest BCUT2D eigenvalue weighted by atomic mass is 19.3. The van der Waals surface area contributed by atoms with Crippen LogP contribution in [-0.4, -0.2) is 15.6 Å². The second-order valence-corrected chi connectivity index (χ2v) is 5.94. The standard InChI is InChI=1S/C18H11F3N2O2/c19-12-3-10(7-22)4-13(5-12)23-8-14(11-1-2-25-9-11)16-15(23)6-18(20,21)17(16)24/h1-5,8-9,17,24H,6H2. The first-order valence-corrected chi connectivity index (χ1v) is 7.44. The molecule has 1 atom stereocenters. The maximum atomic E-state index is 14.1. The van der Waals surface area contributed by atoms with E-state index in [9.17, 15) is 18.3 Å². The van der Waals surface area contributed by atoms with Gasteiger partial charge in [-0.15, -0.1) is 0 Å². The van der Waals surface area contributed by atoms with Crippen LogP contribution < -0.4 is 0 Å². The van der Waals surface area contributed by atoms with Gasteiger partial charge in [-0.05, 0) is 24.3 Å². The highest BCUT2D eigenvalue weighted by molar-refractivity contribution is 5.71. The molecule has 2 aromatic heterocycles. The number of aliphatic hydroxyl groups is 1. The van der Waals surface area contributed by atoms with Crippen molar-refractivity contribution in [1.29, 1.82) is 5.26 Å². The van der Waals surface area contributed by atoms with E-state index in [1.807, 2.05) is 6.07 Å². The van der Waals surface area contributed by atoms with Gasteiger partial charge in [0.2, 0.25) is 0 Å². The number of fused-ring (bicyclic) bond motifs is 1. The second kappa shape index (κ2) is 5.26. The Kier molecular flexibility index (Phi) is 3.27. The summed E-state index contributed by atoms with van der Waals surface area (Å²) in [6, 6.07) is 7.06. The summed E-state index contributed by atoms with van der Waals surface area (Å²) in [6.07, 6.45) is 1.69. The molecule has 0 fully saturated rings. The molecule has 126 valence electrons. The highest BCUT2D eigenvalue weighted by Crippen LogP contribution is 2.49. The molecule has 7 heteroatoms. The van der Waals surface area contributed by atoms with Gasteiger partial charge in [-0.1, -0.05) is 0 Å². The number of alkyl halides is 2. The van der Waals surface area contributed by atoms with E-state index in [-0.39, 0.29) is 22.5 Å². The van der Waals surface area contributed by atoms with Gasteiger partial charge in [0.25, 0.3) is 5.92 Å². The monoisotopic (exact) mass is 344 g/mol. The van der Waals surface area contributed by atoms with Crippen molar-refractivity contribution < 1.29 is 22.7 Å². The Labute approximate surface area is 140 Å². The number of hydrogen-bond acceptors (Lipinski definition) is 3. The number of nitriles is 1. The van der Waals surface area contributed by atoms with E-state index in [1.54, 1.807) is 12.3 Å². The molecule has 2 heterocycles. The Balaban J connectivity index is 1.97. The van der Waals surface area contributed by atoms with Crippen LogP contribution >= 0.6 is 0 Å². The Morgan fingerprint density at radius 3 is 2.80 bits per heavy atom. The summed E-state index contributed by atoms with van der Waals surface area (Å²) in [7, 11) is 0. The van der Waals surface area contributed by atoms with Gasteiger partial charge in [0.1, 0.15) is 11.9 Å². The number of hydrogen-bond donors (Lipinski definition) is 1. The van der Waals surface area contributed by atoms with Crippen molar-refractivity contribution in [3.05, 3.63) is 65.6 Å². The molecule has 1 aromatic carbocycles. The normalized spacial score (nSPS) is 18.1. The summed E-state index contributed by atoms with van der Waals surface area (Å²) < 4.78 is 48.4. The highest BCUT2D eigenvalue weighted by Gasteiger charge is 2.50. The van der Waals surface area contributed by atoms with E-state index in [2.05, 4.69) is 0 Å². The van der Waals surface area contributed by atoms with E-state index in [4.69, 9.17) is 9.68 Å². The molecule has 0 aliphatic heterocycles. The van der Waals surface area contributed by atoms with Crippen molar-refractivity contribution in [3.63, 3.8) is 0 Å². The Bertz CT molecular complexity index is 1000. The van der Waals surface area contributed by atoms with E-state index in [0.29, 0.717) is 11.1 Å². The van der Waals surface area contributed by atoms with E-state index in [1.165, 1.54) is 23.2 Å². The van der Waals surface area contributed by atoms with Crippen LogP contribution in [0, 0.1) is 17.1 Å². The van der Waals surface area contributed by atoms with Crippen molar-refractivity contribution in [1.82, 2.24) is 4.57 Å². The number of aromatic nitrogens is 1. The maximum absolute atomic E-state index is 14.1. The number of furan rings is 1. The zero-order valence-electron chi connectivity index (χ0n) is 12.7. The largest absolute Gasteiger partial charge is 0.472 e. The molecule has 1 aliphatic carbocycles. The molecule has 0 saturated heterocycles. The van der Waals surface area contributed by atoms with Crippen molar-refractivity contribution in [2.24, 2.45) is 0 Å². The molecule has 1 N–H and O–H groups in total. The van der Waals surface area contributed by atoms with Crippen molar-refractivity contribution in [2.75, 3.05) is 0 Å². The topological polar surface area (TPSA) is 62.1 Å². The first-order chi connectivity index (χ1) is 11.9. The van der Waals surface area contributed by atoms with E-state index < -0.39 is 24.3 Å². The first kappa shape index (κ1) is 15.5. The van der Waals surface area contributed by atoms with Crippen LogP contribution in [0.5, 0.6) is 0 Å². The third kappa shape index (κ3) is 2.34. The minimum Gasteiger partial charge on any atom is -0.472 e. The minimum absolute atomic E-state index is 0.0765. The summed E-state index contributed by atoms with van der Waals surface area (Å²) in [5.41, 5.74) is 1.51. The predicted octanol–water partition coefficient (Wildman–Crippen LogP) is 3.97. The Morgan fingerprint density at radius 1 is 1.32 bits per heavy atom. The second-order valence-electron chi connectivity index (χ2n) is 5.94. The Hall–Kier alpha value is -2.98. The van der Waals surface area contributed by atoms with E-state index >= 15 is 0 Å². The van der Waals surface area contributed by atoms with Crippen LogP contribution in [0.4, 0.5) is 13.2 Å². The molecule has 0 saturated carbocycles. The van der Waals surface area contributed by atoms with Gasteiger partial charge in [0, 0.05) is 34.3 Å². The molecule has 4 rings (SSSR count). The van der Waals surface area contributed by atoms with Crippen LogP contribution in [0.3, 0.4) is 0 Å². The lowest BCUT2D eigenvalue weighted by atomic mass is 10.0. The average molecular weight is 344 g/mol. The van der Waals surface area contributed by atoms with Gasteiger partial charge < -0.3 is 14.1 Å². The summed E-state index contributed by atoms with van der Waals surface area (Å²) >= 11 is 0. The summed E-state index contributed by atoms with van der Waals surface area (Å²) in [5, 5.41) is 19.1. The van der Waals surface area contributed by atoms with Crippen LogP contribution in [0.15, 0.2) is 47.4 Å².